The average Bonchev–Trinajstić information content (AvgIpc) is 2.67. The zero-order chi connectivity index (χ0) is 20.3. The van der Waals surface area contributed by atoms with E-state index >= 15 is 0 Å². The number of aryl methyl sites for hydroxylation is 2. The van der Waals surface area contributed by atoms with Gasteiger partial charge in [0.05, 0.1) is 5.69 Å². The van der Waals surface area contributed by atoms with Crippen molar-refractivity contribution in [2.24, 2.45) is 0 Å². The van der Waals surface area contributed by atoms with Crippen LogP contribution in [0.4, 0.5) is 10.5 Å². The van der Waals surface area contributed by atoms with Gasteiger partial charge in [-0.3, -0.25) is 14.9 Å². The van der Waals surface area contributed by atoms with Gasteiger partial charge < -0.3 is 4.74 Å². The third-order valence-electron chi connectivity index (χ3n) is 4.43. The number of ether oxygens (including phenoxy) is 1. The van der Waals surface area contributed by atoms with Crippen molar-refractivity contribution in [1.29, 1.82) is 0 Å². The molecule has 1 N–H and O–H groups in total. The Morgan fingerprint density at radius 1 is 1.07 bits per heavy atom. The van der Waals surface area contributed by atoms with Crippen LogP contribution < -0.4 is 15.0 Å². The van der Waals surface area contributed by atoms with Gasteiger partial charge in [-0.2, -0.15) is 0 Å². The largest absolute Gasteiger partial charge is 0.489 e. The highest BCUT2D eigenvalue weighted by Crippen LogP contribution is 2.26. The molecule has 0 saturated carbocycles. The summed E-state index contributed by atoms with van der Waals surface area (Å²) in [7, 11) is 0. The Labute approximate surface area is 163 Å². The Morgan fingerprint density at radius 3 is 2.54 bits per heavy atom. The quantitative estimate of drug-likeness (QED) is 0.492. The van der Waals surface area contributed by atoms with Crippen molar-refractivity contribution in [3.63, 3.8) is 0 Å². The van der Waals surface area contributed by atoms with Gasteiger partial charge in [-0.15, -0.1) is 0 Å². The van der Waals surface area contributed by atoms with Gasteiger partial charge in [-0.1, -0.05) is 36.9 Å². The molecule has 1 fully saturated rings. The predicted octanol–water partition coefficient (Wildman–Crippen LogP) is 3.53. The molecule has 0 atom stereocenters. The number of anilines is 1. The van der Waals surface area contributed by atoms with E-state index in [1.54, 1.807) is 42.5 Å². The average molecular weight is 376 g/mol. The van der Waals surface area contributed by atoms with Gasteiger partial charge in [-0.05, 0) is 49.2 Å². The van der Waals surface area contributed by atoms with Crippen LogP contribution in [-0.4, -0.2) is 24.5 Å². The molecule has 1 aliphatic heterocycles. The van der Waals surface area contributed by atoms with Gasteiger partial charge in [0, 0.05) is 5.56 Å². The number of rotatable bonds is 5. The van der Waals surface area contributed by atoms with Crippen LogP contribution in [0.2, 0.25) is 0 Å². The maximum Gasteiger partial charge on any atom is 0.335 e. The fourth-order valence-electron chi connectivity index (χ4n) is 2.79. The molecule has 3 rings (SSSR count). The predicted molar refractivity (Wildman–Crippen MR) is 107 cm³/mol. The lowest BCUT2D eigenvalue weighted by molar-refractivity contribution is -0.122. The minimum Gasteiger partial charge on any atom is -0.489 e. The first-order valence-corrected chi connectivity index (χ1v) is 8.74. The first-order valence-electron chi connectivity index (χ1n) is 8.74. The molecule has 0 unspecified atom stereocenters. The minimum absolute atomic E-state index is 0.146. The number of hydrogen-bond donors (Lipinski definition) is 1. The second kappa shape index (κ2) is 7.92. The van der Waals surface area contributed by atoms with E-state index in [2.05, 4.69) is 11.9 Å². The highest BCUT2D eigenvalue weighted by Gasteiger charge is 2.37. The molecule has 6 heteroatoms. The fourth-order valence-corrected chi connectivity index (χ4v) is 2.79. The monoisotopic (exact) mass is 376 g/mol. The number of benzene rings is 2. The van der Waals surface area contributed by atoms with E-state index in [0.717, 1.165) is 16.0 Å². The van der Waals surface area contributed by atoms with Crippen molar-refractivity contribution in [3.8, 4) is 5.75 Å². The van der Waals surface area contributed by atoms with Crippen LogP contribution in [0.3, 0.4) is 0 Å². The van der Waals surface area contributed by atoms with E-state index in [4.69, 9.17) is 4.74 Å². The second-order valence-corrected chi connectivity index (χ2v) is 6.36. The summed E-state index contributed by atoms with van der Waals surface area (Å²) in [6.07, 6.45) is 3.03. The van der Waals surface area contributed by atoms with Gasteiger partial charge in [0.25, 0.3) is 11.8 Å². The molecule has 6 nitrogen and oxygen atoms in total. The van der Waals surface area contributed by atoms with Crippen LogP contribution in [0.15, 0.2) is 60.7 Å². The van der Waals surface area contributed by atoms with Crippen molar-refractivity contribution in [2.75, 3.05) is 11.5 Å². The van der Waals surface area contributed by atoms with Crippen molar-refractivity contribution in [1.82, 2.24) is 5.32 Å². The molecule has 0 aromatic heterocycles. The van der Waals surface area contributed by atoms with Crippen LogP contribution in [0, 0.1) is 13.8 Å². The number of nitrogens with zero attached hydrogens (tertiary/aromatic N) is 1. The van der Waals surface area contributed by atoms with Crippen molar-refractivity contribution < 1.29 is 19.1 Å². The van der Waals surface area contributed by atoms with Gasteiger partial charge in [0.15, 0.2) is 0 Å². The van der Waals surface area contributed by atoms with Crippen LogP contribution >= 0.6 is 0 Å². The number of para-hydroxylation sites is 1. The summed E-state index contributed by atoms with van der Waals surface area (Å²) >= 11 is 0. The topological polar surface area (TPSA) is 75.7 Å². The van der Waals surface area contributed by atoms with E-state index in [9.17, 15) is 14.4 Å². The zero-order valence-electron chi connectivity index (χ0n) is 15.7. The fraction of sp³-hybridized carbons (Fsp3) is 0.136. The number of urea groups is 1. The van der Waals surface area contributed by atoms with Gasteiger partial charge >= 0.3 is 6.03 Å². The molecule has 0 aliphatic carbocycles. The Bertz CT molecular complexity index is 1010. The van der Waals surface area contributed by atoms with Crippen LogP contribution in [0.25, 0.3) is 6.08 Å². The first kappa shape index (κ1) is 19.1. The van der Waals surface area contributed by atoms with Crippen molar-refractivity contribution in [3.05, 3.63) is 77.4 Å². The number of imide groups is 2. The van der Waals surface area contributed by atoms with Crippen LogP contribution in [0.1, 0.15) is 16.7 Å². The molecule has 0 radical (unpaired) electrons. The lowest BCUT2D eigenvalue weighted by Gasteiger charge is -2.27. The number of amides is 4. The van der Waals surface area contributed by atoms with Crippen molar-refractivity contribution in [2.45, 2.75) is 13.8 Å². The lowest BCUT2D eigenvalue weighted by Crippen LogP contribution is -2.54. The molecule has 1 heterocycles. The van der Waals surface area contributed by atoms with E-state index in [1.165, 1.54) is 6.08 Å². The molecule has 142 valence electrons. The normalized spacial score (nSPS) is 15.6. The number of hydrogen-bond acceptors (Lipinski definition) is 4. The van der Waals surface area contributed by atoms with Gasteiger partial charge in [0.1, 0.15) is 17.9 Å². The third-order valence-corrected chi connectivity index (χ3v) is 4.43. The summed E-state index contributed by atoms with van der Waals surface area (Å²) in [5, 5.41) is 2.23. The molecule has 28 heavy (non-hydrogen) atoms. The molecule has 1 saturated heterocycles. The highest BCUT2D eigenvalue weighted by atomic mass is 16.5. The Morgan fingerprint density at radius 2 is 1.82 bits per heavy atom. The third kappa shape index (κ3) is 3.71. The van der Waals surface area contributed by atoms with Crippen molar-refractivity contribution >= 4 is 29.6 Å². The summed E-state index contributed by atoms with van der Waals surface area (Å²) in [4.78, 5) is 38.6. The molecule has 0 bridgehead atoms. The molecule has 2 aromatic rings. The lowest BCUT2D eigenvalue weighted by atomic mass is 10.0. The van der Waals surface area contributed by atoms with E-state index < -0.39 is 17.8 Å². The summed E-state index contributed by atoms with van der Waals surface area (Å²) < 4.78 is 5.57. The van der Waals surface area contributed by atoms with Gasteiger partial charge in [0.2, 0.25) is 0 Å². The molecular formula is C22H20N2O4. The second-order valence-electron chi connectivity index (χ2n) is 6.36. The Balaban J connectivity index is 2.02. The first-order chi connectivity index (χ1) is 13.4. The van der Waals surface area contributed by atoms with E-state index in [1.807, 2.05) is 19.9 Å². The van der Waals surface area contributed by atoms with Gasteiger partial charge in [-0.25, -0.2) is 9.69 Å². The molecular weight excluding hydrogens is 356 g/mol. The summed E-state index contributed by atoms with van der Waals surface area (Å²) in [6.45, 7) is 7.72. The Kier molecular flexibility index (Phi) is 5.40. The zero-order valence-corrected chi connectivity index (χ0v) is 15.7. The number of carbonyl (C=O) groups is 3. The number of barbiturate groups is 1. The summed E-state index contributed by atoms with van der Waals surface area (Å²) in [5.41, 5.74) is 2.78. The smallest absolute Gasteiger partial charge is 0.335 e. The number of carbonyl (C=O) groups excluding carboxylic acids is 3. The van der Waals surface area contributed by atoms with Crippen LogP contribution in [-0.2, 0) is 9.59 Å². The summed E-state index contributed by atoms with van der Waals surface area (Å²) in [6, 6.07) is 11.5. The van der Waals surface area contributed by atoms with E-state index in [0.29, 0.717) is 17.0 Å². The number of nitrogens with one attached hydrogen (secondary N) is 1. The SMILES string of the molecule is C=CCOc1ccccc1/C=C1\C(=O)NC(=O)N(c2ccc(C)c(C)c2)C1=O. The maximum absolute atomic E-state index is 13.0. The molecule has 1 aliphatic rings. The highest BCUT2D eigenvalue weighted by molar-refractivity contribution is 6.39. The van der Waals surface area contributed by atoms with Crippen LogP contribution in [0.5, 0.6) is 5.75 Å². The minimum atomic E-state index is -0.772. The molecule has 2 aromatic carbocycles. The molecule has 0 spiro atoms. The van der Waals surface area contributed by atoms with E-state index in [-0.39, 0.29) is 12.2 Å². The maximum atomic E-state index is 13.0. The Hall–Kier alpha value is -3.67. The molecule has 4 amide bonds. The standard InChI is InChI=1S/C22H20N2O4/c1-4-11-28-19-8-6-5-7-16(19)13-18-20(25)23-22(27)24(21(18)26)17-10-9-14(2)15(3)12-17/h4-10,12-13H,1,11H2,2-3H3,(H,23,25,27)/b18-13+. The summed E-state index contributed by atoms with van der Waals surface area (Å²) in [5.74, 6) is -0.922.